The molecule has 3 nitrogen and oxygen atoms in total. The smallest absolute Gasteiger partial charge is 0.227 e. The number of hydrogen-bond donors (Lipinski definition) is 0. The second kappa shape index (κ2) is 7.71. The van der Waals surface area contributed by atoms with E-state index in [4.69, 9.17) is 23.2 Å². The lowest BCUT2D eigenvalue weighted by molar-refractivity contribution is -0.118. The Bertz CT molecular complexity index is 989. The van der Waals surface area contributed by atoms with Crippen LogP contribution in [0.3, 0.4) is 0 Å². The van der Waals surface area contributed by atoms with Crippen LogP contribution in [-0.4, -0.2) is 17.4 Å². The topological polar surface area (TPSA) is 33.2 Å². The molecule has 0 saturated heterocycles. The minimum absolute atomic E-state index is 0.136. The number of halogens is 2. The van der Waals surface area contributed by atoms with E-state index in [2.05, 4.69) is 23.2 Å². The molecule has 0 atom stereocenters. The van der Waals surface area contributed by atoms with Crippen LogP contribution in [0.25, 0.3) is 11.1 Å². The summed E-state index contributed by atoms with van der Waals surface area (Å²) >= 11 is 12.0. The van der Waals surface area contributed by atoms with Gasteiger partial charge in [0.2, 0.25) is 5.91 Å². The Morgan fingerprint density at radius 3 is 2.56 bits per heavy atom. The number of hydrogen-bond acceptors (Lipinski definition) is 2. The zero-order valence-electron chi connectivity index (χ0n) is 14.7. The van der Waals surface area contributed by atoms with Crippen molar-refractivity contribution in [2.24, 2.45) is 0 Å². The van der Waals surface area contributed by atoms with Crippen LogP contribution in [0, 0.1) is 0 Å². The van der Waals surface area contributed by atoms with E-state index < -0.39 is 0 Å². The van der Waals surface area contributed by atoms with Crippen molar-refractivity contribution in [1.29, 1.82) is 0 Å². The van der Waals surface area contributed by atoms with Gasteiger partial charge in [-0.15, -0.1) is 0 Å². The van der Waals surface area contributed by atoms with Crippen LogP contribution >= 0.6 is 23.2 Å². The average Bonchev–Trinajstić information content (AvgIpc) is 3.12. The molecule has 136 valence electrons. The van der Waals surface area contributed by atoms with Crippen LogP contribution in [0.1, 0.15) is 17.5 Å². The third-order valence-corrected chi connectivity index (χ3v) is 5.64. The second-order valence-corrected chi connectivity index (χ2v) is 7.44. The Balaban J connectivity index is 1.47. The Kier molecular flexibility index (Phi) is 5.15. The standard InChI is InChI=1S/C22H18Cl2N2O/c23-19-4-1-15(13-20(19)24)2-6-22(27)26-12-9-18-14-17(3-5-21(18)26)16-7-10-25-11-8-16/h1,3-5,7-8,10-11,13-14H,2,6,9,12H2. The molecule has 1 aliphatic rings. The molecular formula is C22H18Cl2N2O. The van der Waals surface area contributed by atoms with Gasteiger partial charge in [0.05, 0.1) is 10.0 Å². The Morgan fingerprint density at radius 1 is 0.963 bits per heavy atom. The van der Waals surface area contributed by atoms with Gasteiger partial charge in [-0.05, 0) is 71.5 Å². The van der Waals surface area contributed by atoms with Crippen molar-refractivity contribution in [3.63, 3.8) is 0 Å². The first-order valence-electron chi connectivity index (χ1n) is 8.89. The Morgan fingerprint density at radius 2 is 1.78 bits per heavy atom. The molecule has 0 fully saturated rings. The summed E-state index contributed by atoms with van der Waals surface area (Å²) < 4.78 is 0. The highest BCUT2D eigenvalue weighted by Gasteiger charge is 2.24. The van der Waals surface area contributed by atoms with Crippen molar-refractivity contribution >= 4 is 34.8 Å². The van der Waals surface area contributed by atoms with Gasteiger partial charge in [-0.25, -0.2) is 0 Å². The van der Waals surface area contributed by atoms with Crippen molar-refractivity contribution in [2.45, 2.75) is 19.3 Å². The van der Waals surface area contributed by atoms with E-state index in [1.165, 1.54) is 5.56 Å². The molecule has 0 N–H and O–H groups in total. The molecule has 0 radical (unpaired) electrons. The molecule has 2 heterocycles. The van der Waals surface area contributed by atoms with Crippen molar-refractivity contribution < 1.29 is 4.79 Å². The lowest BCUT2D eigenvalue weighted by Crippen LogP contribution is -2.29. The number of aryl methyl sites for hydroxylation is 1. The van der Waals surface area contributed by atoms with Crippen molar-refractivity contribution in [2.75, 3.05) is 11.4 Å². The SMILES string of the molecule is O=C(CCc1ccc(Cl)c(Cl)c1)N1CCc2cc(-c3ccncc3)ccc21. The molecule has 27 heavy (non-hydrogen) atoms. The van der Waals surface area contributed by atoms with E-state index in [-0.39, 0.29) is 5.91 Å². The molecule has 0 bridgehead atoms. The van der Waals surface area contributed by atoms with Crippen LogP contribution in [0.5, 0.6) is 0 Å². The quantitative estimate of drug-likeness (QED) is 0.576. The Labute approximate surface area is 168 Å². The molecule has 4 rings (SSSR count). The highest BCUT2D eigenvalue weighted by atomic mass is 35.5. The monoisotopic (exact) mass is 396 g/mol. The third-order valence-electron chi connectivity index (χ3n) is 4.90. The van der Waals surface area contributed by atoms with Gasteiger partial charge in [-0.1, -0.05) is 35.3 Å². The predicted octanol–water partition coefficient (Wildman–Crippen LogP) is 5.58. The summed E-state index contributed by atoms with van der Waals surface area (Å²) in [5.74, 6) is 0.136. The van der Waals surface area contributed by atoms with Crippen LogP contribution in [-0.2, 0) is 17.6 Å². The number of fused-ring (bicyclic) bond motifs is 1. The fraction of sp³-hybridized carbons (Fsp3) is 0.182. The molecule has 2 aromatic carbocycles. The van der Waals surface area contributed by atoms with Crippen LogP contribution in [0.2, 0.25) is 10.0 Å². The van der Waals surface area contributed by atoms with E-state index in [0.717, 1.165) is 35.3 Å². The number of carbonyl (C=O) groups excluding carboxylic acids is 1. The molecule has 1 aromatic heterocycles. The number of amides is 1. The summed E-state index contributed by atoms with van der Waals surface area (Å²) in [4.78, 5) is 18.7. The van der Waals surface area contributed by atoms with Gasteiger partial charge in [0.15, 0.2) is 0 Å². The highest BCUT2D eigenvalue weighted by molar-refractivity contribution is 6.42. The van der Waals surface area contributed by atoms with E-state index in [0.29, 0.717) is 22.9 Å². The van der Waals surface area contributed by atoms with Crippen molar-refractivity contribution in [1.82, 2.24) is 4.98 Å². The van der Waals surface area contributed by atoms with Gasteiger partial charge < -0.3 is 4.90 Å². The fourth-order valence-electron chi connectivity index (χ4n) is 3.47. The zero-order chi connectivity index (χ0) is 18.8. The normalized spacial score (nSPS) is 12.9. The summed E-state index contributed by atoms with van der Waals surface area (Å²) in [7, 11) is 0. The van der Waals surface area contributed by atoms with E-state index in [9.17, 15) is 4.79 Å². The molecule has 0 spiro atoms. The summed E-state index contributed by atoms with van der Waals surface area (Å²) in [6.07, 6.45) is 5.57. The summed E-state index contributed by atoms with van der Waals surface area (Å²) in [5.41, 5.74) is 5.54. The maximum Gasteiger partial charge on any atom is 0.227 e. The van der Waals surface area contributed by atoms with E-state index in [1.807, 2.05) is 29.2 Å². The summed E-state index contributed by atoms with van der Waals surface area (Å²) in [5, 5.41) is 1.06. The molecule has 1 aliphatic heterocycles. The number of anilines is 1. The lowest BCUT2D eigenvalue weighted by atomic mass is 10.0. The Hall–Kier alpha value is -2.36. The van der Waals surface area contributed by atoms with E-state index >= 15 is 0 Å². The molecule has 1 amide bonds. The summed E-state index contributed by atoms with van der Waals surface area (Å²) in [6, 6.07) is 15.8. The minimum atomic E-state index is 0.136. The zero-order valence-corrected chi connectivity index (χ0v) is 16.2. The van der Waals surface area contributed by atoms with Crippen molar-refractivity contribution in [3.05, 3.63) is 82.1 Å². The first-order chi connectivity index (χ1) is 13.1. The molecule has 0 saturated carbocycles. The van der Waals surface area contributed by atoms with Gasteiger partial charge in [0, 0.05) is 31.0 Å². The highest BCUT2D eigenvalue weighted by Crippen LogP contribution is 2.33. The van der Waals surface area contributed by atoms with Crippen LogP contribution in [0.4, 0.5) is 5.69 Å². The van der Waals surface area contributed by atoms with Gasteiger partial charge in [0.1, 0.15) is 0 Å². The first kappa shape index (κ1) is 18.0. The van der Waals surface area contributed by atoms with Crippen LogP contribution < -0.4 is 4.90 Å². The molecule has 0 unspecified atom stereocenters. The van der Waals surface area contributed by atoms with Crippen LogP contribution in [0.15, 0.2) is 60.9 Å². The second-order valence-electron chi connectivity index (χ2n) is 6.62. The largest absolute Gasteiger partial charge is 0.312 e. The third kappa shape index (κ3) is 3.85. The van der Waals surface area contributed by atoms with Gasteiger partial charge in [-0.3, -0.25) is 9.78 Å². The molecular weight excluding hydrogens is 379 g/mol. The molecule has 3 aromatic rings. The number of benzene rings is 2. The maximum atomic E-state index is 12.7. The average molecular weight is 397 g/mol. The molecule has 0 aliphatic carbocycles. The first-order valence-corrected chi connectivity index (χ1v) is 9.65. The number of carbonyl (C=O) groups is 1. The number of aromatic nitrogens is 1. The lowest BCUT2D eigenvalue weighted by Gasteiger charge is -2.18. The predicted molar refractivity (Wildman–Crippen MR) is 111 cm³/mol. The van der Waals surface area contributed by atoms with Gasteiger partial charge >= 0.3 is 0 Å². The summed E-state index contributed by atoms with van der Waals surface area (Å²) in [6.45, 7) is 0.731. The minimum Gasteiger partial charge on any atom is -0.312 e. The van der Waals surface area contributed by atoms with E-state index in [1.54, 1.807) is 18.5 Å². The van der Waals surface area contributed by atoms with Gasteiger partial charge in [-0.2, -0.15) is 0 Å². The maximum absolute atomic E-state index is 12.7. The number of rotatable bonds is 4. The van der Waals surface area contributed by atoms with Gasteiger partial charge in [0.25, 0.3) is 0 Å². The number of nitrogens with zero attached hydrogens (tertiary/aromatic N) is 2. The molecule has 5 heteroatoms. The number of pyridine rings is 1. The fourth-order valence-corrected chi connectivity index (χ4v) is 3.79. The van der Waals surface area contributed by atoms with Crippen molar-refractivity contribution in [3.8, 4) is 11.1 Å².